The van der Waals surface area contributed by atoms with Crippen LogP contribution in [0.1, 0.15) is 41.1 Å². The second-order valence-electron chi connectivity index (χ2n) is 5.95. The van der Waals surface area contributed by atoms with E-state index >= 15 is 0 Å². The van der Waals surface area contributed by atoms with E-state index in [2.05, 4.69) is 27.5 Å². The van der Waals surface area contributed by atoms with Crippen LogP contribution in [0, 0.1) is 5.92 Å². The molecule has 2 heterocycles. The zero-order valence-corrected chi connectivity index (χ0v) is 15.0. The number of urea groups is 1. The number of amides is 2. The van der Waals surface area contributed by atoms with Gasteiger partial charge in [0, 0.05) is 17.3 Å². The monoisotopic (exact) mass is 360 g/mol. The number of fused-ring (bicyclic) bond motifs is 1. The fraction of sp³-hybridized carbons (Fsp3) is 0.412. The van der Waals surface area contributed by atoms with Gasteiger partial charge in [0.2, 0.25) is 0 Å². The Morgan fingerprint density at radius 2 is 2.20 bits per heavy atom. The molecule has 2 aromatic heterocycles. The first-order valence-corrected chi connectivity index (χ1v) is 9.05. The molecule has 0 fully saturated rings. The summed E-state index contributed by atoms with van der Waals surface area (Å²) in [4.78, 5) is 33.7. The van der Waals surface area contributed by atoms with E-state index < -0.39 is 6.03 Å². The first kappa shape index (κ1) is 17.3. The second kappa shape index (κ2) is 7.60. The molecule has 1 unspecified atom stereocenters. The summed E-state index contributed by atoms with van der Waals surface area (Å²) in [6.07, 6.45) is 7.24. The number of aromatic nitrogens is 2. The van der Waals surface area contributed by atoms with Crippen molar-refractivity contribution in [1.82, 2.24) is 9.97 Å². The number of thiophene rings is 1. The Morgan fingerprint density at radius 3 is 2.92 bits per heavy atom. The lowest BCUT2D eigenvalue weighted by molar-refractivity contribution is 0.0526. The molecule has 2 amide bonds. The fourth-order valence-electron chi connectivity index (χ4n) is 2.87. The summed E-state index contributed by atoms with van der Waals surface area (Å²) in [6.45, 7) is 4.26. The van der Waals surface area contributed by atoms with E-state index in [1.54, 1.807) is 6.92 Å². The molecule has 7 nitrogen and oxygen atoms in total. The van der Waals surface area contributed by atoms with Crippen molar-refractivity contribution in [3.05, 3.63) is 34.6 Å². The number of hydrogen-bond donors (Lipinski definition) is 2. The summed E-state index contributed by atoms with van der Waals surface area (Å²) in [5.41, 5.74) is 1.50. The lowest BCUT2D eigenvalue weighted by Gasteiger charge is -2.18. The van der Waals surface area contributed by atoms with Gasteiger partial charge in [0.1, 0.15) is 5.00 Å². The lowest BCUT2D eigenvalue weighted by atomic mass is 9.88. The second-order valence-corrected chi connectivity index (χ2v) is 7.05. The molecule has 0 bridgehead atoms. The molecule has 132 valence electrons. The number of hydrogen-bond acceptors (Lipinski definition) is 6. The molecule has 0 radical (unpaired) electrons. The number of nitrogens with zero attached hydrogens (tertiary/aromatic N) is 2. The summed E-state index contributed by atoms with van der Waals surface area (Å²) in [5.74, 6) is 0.527. The predicted molar refractivity (Wildman–Crippen MR) is 96.1 cm³/mol. The zero-order chi connectivity index (χ0) is 17.8. The number of nitrogens with one attached hydrogen (secondary N) is 2. The first-order valence-electron chi connectivity index (χ1n) is 8.24. The molecule has 0 saturated heterocycles. The quantitative estimate of drug-likeness (QED) is 0.814. The average molecular weight is 360 g/mol. The van der Waals surface area contributed by atoms with E-state index in [0.717, 1.165) is 29.7 Å². The lowest BCUT2D eigenvalue weighted by Crippen LogP contribution is -2.21. The minimum absolute atomic E-state index is 0.297. The summed E-state index contributed by atoms with van der Waals surface area (Å²) < 4.78 is 5.19. The topological polar surface area (TPSA) is 93.2 Å². The van der Waals surface area contributed by atoms with Gasteiger partial charge in [0.25, 0.3) is 0 Å². The van der Waals surface area contributed by atoms with Crippen molar-refractivity contribution in [2.75, 3.05) is 17.2 Å². The van der Waals surface area contributed by atoms with Gasteiger partial charge in [-0.1, -0.05) is 6.92 Å². The van der Waals surface area contributed by atoms with Crippen LogP contribution in [0.2, 0.25) is 0 Å². The van der Waals surface area contributed by atoms with Crippen LogP contribution in [0.15, 0.2) is 18.6 Å². The molecule has 1 aliphatic carbocycles. The third kappa shape index (κ3) is 3.96. The van der Waals surface area contributed by atoms with Crippen LogP contribution >= 0.6 is 11.3 Å². The molecule has 1 aliphatic rings. The number of rotatable bonds is 4. The summed E-state index contributed by atoms with van der Waals surface area (Å²) in [5, 5.41) is 5.91. The van der Waals surface area contributed by atoms with Crippen LogP contribution in [-0.2, 0) is 17.6 Å². The van der Waals surface area contributed by atoms with Crippen molar-refractivity contribution in [2.45, 2.75) is 33.1 Å². The van der Waals surface area contributed by atoms with Crippen molar-refractivity contribution >= 4 is 34.2 Å². The molecular formula is C17H20N4O3S. The zero-order valence-electron chi connectivity index (χ0n) is 14.2. The molecule has 0 aromatic carbocycles. The van der Waals surface area contributed by atoms with Crippen LogP contribution in [-0.4, -0.2) is 28.6 Å². The molecule has 0 spiro atoms. The first-order chi connectivity index (χ1) is 12.1. The smallest absolute Gasteiger partial charge is 0.341 e. The molecule has 3 rings (SSSR count). The minimum atomic E-state index is -0.460. The minimum Gasteiger partial charge on any atom is -0.462 e. The van der Waals surface area contributed by atoms with Crippen LogP contribution in [0.3, 0.4) is 0 Å². The van der Waals surface area contributed by atoms with Gasteiger partial charge in [-0.05, 0) is 37.7 Å². The number of ether oxygens (including phenoxy) is 1. The standard InChI is InChI=1S/C17H20N4O3S/c1-3-24-16(22)14-11-5-4-10(2)8-12(11)25-15(14)21-17(23)20-13-9-18-6-7-19-13/h6-7,9-10H,3-5,8H2,1-2H3,(H2,19,20,21,23). The van der Waals surface area contributed by atoms with E-state index in [-0.39, 0.29) is 5.97 Å². The van der Waals surface area contributed by atoms with Crippen LogP contribution in [0.4, 0.5) is 15.6 Å². The van der Waals surface area contributed by atoms with Gasteiger partial charge < -0.3 is 4.74 Å². The highest BCUT2D eigenvalue weighted by Crippen LogP contribution is 2.40. The molecule has 0 aliphatic heterocycles. The van der Waals surface area contributed by atoms with Gasteiger partial charge in [0.15, 0.2) is 5.82 Å². The van der Waals surface area contributed by atoms with Crippen molar-refractivity contribution in [2.24, 2.45) is 5.92 Å². The van der Waals surface area contributed by atoms with Crippen LogP contribution in [0.25, 0.3) is 0 Å². The molecule has 2 aromatic rings. The van der Waals surface area contributed by atoms with Gasteiger partial charge in [-0.25, -0.2) is 14.6 Å². The molecular weight excluding hydrogens is 340 g/mol. The molecule has 2 N–H and O–H groups in total. The maximum Gasteiger partial charge on any atom is 0.341 e. The third-order valence-electron chi connectivity index (χ3n) is 4.02. The SMILES string of the molecule is CCOC(=O)c1c(NC(=O)Nc2cnccn2)sc2c1CCC(C)C2. The van der Waals surface area contributed by atoms with Gasteiger partial charge >= 0.3 is 12.0 Å². The normalized spacial score (nSPS) is 16.0. The third-order valence-corrected chi connectivity index (χ3v) is 5.19. The van der Waals surface area contributed by atoms with Crippen molar-refractivity contribution in [3.63, 3.8) is 0 Å². The molecule has 25 heavy (non-hydrogen) atoms. The average Bonchev–Trinajstić information content (AvgIpc) is 2.92. The van der Waals surface area contributed by atoms with Crippen molar-refractivity contribution < 1.29 is 14.3 Å². The van der Waals surface area contributed by atoms with Gasteiger partial charge in [0.05, 0.1) is 18.4 Å². The van der Waals surface area contributed by atoms with E-state index in [4.69, 9.17) is 4.74 Å². The van der Waals surface area contributed by atoms with Crippen LogP contribution < -0.4 is 10.6 Å². The van der Waals surface area contributed by atoms with Crippen molar-refractivity contribution in [1.29, 1.82) is 0 Å². The molecule has 1 atom stereocenters. The predicted octanol–water partition coefficient (Wildman–Crippen LogP) is 3.48. The van der Waals surface area contributed by atoms with E-state index in [1.165, 1.54) is 29.9 Å². The number of anilines is 2. The summed E-state index contributed by atoms with van der Waals surface area (Å²) in [7, 11) is 0. The Hall–Kier alpha value is -2.48. The van der Waals surface area contributed by atoms with Gasteiger partial charge in [-0.15, -0.1) is 11.3 Å². The number of carbonyl (C=O) groups excluding carboxylic acids is 2. The van der Waals surface area contributed by atoms with Gasteiger partial charge in [-0.3, -0.25) is 15.6 Å². The highest BCUT2D eigenvalue weighted by molar-refractivity contribution is 7.17. The van der Waals surface area contributed by atoms with E-state index in [0.29, 0.717) is 28.9 Å². The maximum atomic E-state index is 12.4. The highest BCUT2D eigenvalue weighted by atomic mass is 32.1. The van der Waals surface area contributed by atoms with E-state index in [1.807, 2.05) is 0 Å². The Balaban J connectivity index is 1.84. The Morgan fingerprint density at radius 1 is 1.36 bits per heavy atom. The van der Waals surface area contributed by atoms with Crippen LogP contribution in [0.5, 0.6) is 0 Å². The van der Waals surface area contributed by atoms with Crippen molar-refractivity contribution in [3.8, 4) is 0 Å². The Kier molecular flexibility index (Phi) is 5.28. The van der Waals surface area contributed by atoms with Gasteiger partial charge in [-0.2, -0.15) is 0 Å². The molecule has 0 saturated carbocycles. The summed E-state index contributed by atoms with van der Waals surface area (Å²) in [6, 6.07) is -0.460. The molecule has 8 heteroatoms. The Labute approximate surface area is 149 Å². The number of esters is 1. The summed E-state index contributed by atoms with van der Waals surface area (Å²) >= 11 is 1.45. The number of carbonyl (C=O) groups is 2. The largest absolute Gasteiger partial charge is 0.462 e. The van der Waals surface area contributed by atoms with E-state index in [9.17, 15) is 9.59 Å². The fourth-order valence-corrected chi connectivity index (χ4v) is 4.27. The Bertz CT molecular complexity index is 776. The highest BCUT2D eigenvalue weighted by Gasteiger charge is 2.29. The maximum absolute atomic E-state index is 12.4.